The van der Waals surface area contributed by atoms with Gasteiger partial charge in [-0.1, -0.05) is 58.7 Å². The van der Waals surface area contributed by atoms with Crippen molar-refractivity contribution < 1.29 is 9.32 Å². The van der Waals surface area contributed by atoms with Crippen LogP contribution in [0.4, 0.5) is 0 Å². The van der Waals surface area contributed by atoms with Crippen molar-refractivity contribution in [2.45, 2.75) is 32.9 Å². The summed E-state index contributed by atoms with van der Waals surface area (Å²) in [5, 5.41) is 7.71. The third-order valence-corrected chi connectivity index (χ3v) is 5.72. The smallest absolute Gasteiger partial charge is 0.246 e. The largest absolute Gasteiger partial charge is 0.347 e. The molecule has 0 radical (unpaired) electrons. The van der Waals surface area contributed by atoms with E-state index in [1.54, 1.807) is 0 Å². The van der Waals surface area contributed by atoms with Gasteiger partial charge in [-0.25, -0.2) is 0 Å². The molecule has 2 aromatic carbocycles. The molecule has 3 aromatic rings. The lowest BCUT2D eigenvalue weighted by Gasteiger charge is -2.31. The van der Waals surface area contributed by atoms with Gasteiger partial charge in [0.2, 0.25) is 17.6 Å². The Morgan fingerprint density at radius 1 is 1.13 bits per heavy atom. The molecule has 0 unspecified atom stereocenters. The first-order chi connectivity index (χ1) is 14.6. The highest BCUT2D eigenvalue weighted by Gasteiger charge is 2.25. The third kappa shape index (κ3) is 5.26. The molecule has 1 amide bonds. The zero-order valence-corrected chi connectivity index (χ0v) is 17.7. The van der Waals surface area contributed by atoms with Crippen molar-refractivity contribution in [3.05, 3.63) is 70.6 Å². The van der Waals surface area contributed by atoms with Crippen LogP contribution >= 0.6 is 11.6 Å². The first kappa shape index (κ1) is 20.6. The number of benzene rings is 2. The van der Waals surface area contributed by atoms with Crippen molar-refractivity contribution in [2.24, 2.45) is 5.92 Å². The van der Waals surface area contributed by atoms with Crippen LogP contribution in [-0.4, -0.2) is 34.0 Å². The summed E-state index contributed by atoms with van der Waals surface area (Å²) in [6.07, 6.45) is 1.69. The molecular formula is C23H25ClN4O2. The number of hydrogen-bond donors (Lipinski definition) is 1. The van der Waals surface area contributed by atoms with Gasteiger partial charge in [-0.05, 0) is 50.6 Å². The van der Waals surface area contributed by atoms with Gasteiger partial charge in [0.1, 0.15) is 0 Å². The monoisotopic (exact) mass is 424 g/mol. The van der Waals surface area contributed by atoms with Crippen LogP contribution in [0, 0.1) is 12.8 Å². The molecule has 30 heavy (non-hydrogen) atoms. The van der Waals surface area contributed by atoms with E-state index in [0.29, 0.717) is 11.7 Å². The molecule has 0 aliphatic carbocycles. The zero-order valence-electron chi connectivity index (χ0n) is 17.0. The van der Waals surface area contributed by atoms with Gasteiger partial charge in [0.25, 0.3) is 0 Å². The number of halogens is 1. The number of carbonyl (C=O) groups excluding carboxylic acids is 1. The van der Waals surface area contributed by atoms with E-state index in [0.717, 1.165) is 43.1 Å². The average molecular weight is 425 g/mol. The van der Waals surface area contributed by atoms with Crippen LogP contribution in [0.25, 0.3) is 11.4 Å². The standard InChI is InChI=1S/C23H25ClN4O2/c1-16-2-6-18(7-3-16)22-26-21(30-27-22)14-25-23(29)19-10-12-28(13-11-19)15-17-4-8-20(24)9-5-17/h2-9,19H,10-15H2,1H3,(H,25,29). The van der Waals surface area contributed by atoms with Crippen molar-refractivity contribution in [1.82, 2.24) is 20.4 Å². The van der Waals surface area contributed by atoms with E-state index >= 15 is 0 Å². The molecule has 1 fully saturated rings. The lowest BCUT2D eigenvalue weighted by molar-refractivity contribution is -0.126. The minimum atomic E-state index is 0.0194. The first-order valence-electron chi connectivity index (χ1n) is 10.2. The van der Waals surface area contributed by atoms with Gasteiger partial charge in [-0.2, -0.15) is 4.98 Å². The maximum Gasteiger partial charge on any atom is 0.246 e. The first-order valence-corrected chi connectivity index (χ1v) is 10.6. The van der Waals surface area contributed by atoms with E-state index < -0.39 is 0 Å². The van der Waals surface area contributed by atoms with E-state index in [2.05, 4.69) is 32.5 Å². The molecule has 1 aliphatic rings. The molecule has 0 atom stereocenters. The summed E-state index contributed by atoms with van der Waals surface area (Å²) in [6, 6.07) is 15.9. The van der Waals surface area contributed by atoms with Crippen LogP contribution in [0.5, 0.6) is 0 Å². The Hall–Kier alpha value is -2.70. The van der Waals surface area contributed by atoms with Gasteiger partial charge in [0, 0.05) is 23.0 Å². The van der Waals surface area contributed by atoms with Gasteiger partial charge < -0.3 is 9.84 Å². The number of nitrogens with zero attached hydrogens (tertiary/aromatic N) is 3. The molecule has 4 rings (SSSR count). The predicted molar refractivity (Wildman–Crippen MR) is 116 cm³/mol. The molecule has 0 saturated carbocycles. The molecule has 7 heteroatoms. The molecule has 6 nitrogen and oxygen atoms in total. The second-order valence-electron chi connectivity index (χ2n) is 7.77. The highest BCUT2D eigenvalue weighted by atomic mass is 35.5. The van der Waals surface area contributed by atoms with Gasteiger partial charge in [0.15, 0.2) is 0 Å². The Labute approximate surface area is 181 Å². The number of nitrogens with one attached hydrogen (secondary N) is 1. The quantitative estimate of drug-likeness (QED) is 0.641. The Morgan fingerprint density at radius 2 is 1.83 bits per heavy atom. The van der Waals surface area contributed by atoms with E-state index in [1.165, 1.54) is 11.1 Å². The number of amides is 1. The number of aromatic nitrogens is 2. The Morgan fingerprint density at radius 3 is 2.53 bits per heavy atom. The van der Waals surface area contributed by atoms with Crippen LogP contribution in [0.2, 0.25) is 5.02 Å². The number of aryl methyl sites for hydroxylation is 1. The van der Waals surface area contributed by atoms with E-state index in [4.69, 9.17) is 16.1 Å². The van der Waals surface area contributed by atoms with E-state index in [-0.39, 0.29) is 18.4 Å². The van der Waals surface area contributed by atoms with Crippen molar-refractivity contribution in [1.29, 1.82) is 0 Å². The third-order valence-electron chi connectivity index (χ3n) is 5.47. The Kier molecular flexibility index (Phi) is 6.45. The number of hydrogen-bond acceptors (Lipinski definition) is 5. The Balaban J connectivity index is 1.23. The molecule has 156 valence electrons. The topological polar surface area (TPSA) is 71.3 Å². The van der Waals surface area contributed by atoms with Gasteiger partial charge >= 0.3 is 0 Å². The average Bonchev–Trinajstić information content (AvgIpc) is 3.24. The lowest BCUT2D eigenvalue weighted by atomic mass is 9.95. The highest BCUT2D eigenvalue weighted by Crippen LogP contribution is 2.21. The summed E-state index contributed by atoms with van der Waals surface area (Å²) in [5.41, 5.74) is 3.31. The second kappa shape index (κ2) is 9.41. The summed E-state index contributed by atoms with van der Waals surface area (Å²) in [6.45, 7) is 4.97. The van der Waals surface area contributed by atoms with E-state index in [1.807, 2.05) is 43.3 Å². The molecule has 1 aliphatic heterocycles. The summed E-state index contributed by atoms with van der Waals surface area (Å²) in [4.78, 5) is 19.3. The van der Waals surface area contributed by atoms with Gasteiger partial charge in [-0.3, -0.25) is 9.69 Å². The summed E-state index contributed by atoms with van der Waals surface area (Å²) >= 11 is 5.95. The molecule has 2 heterocycles. The molecular weight excluding hydrogens is 400 g/mol. The molecule has 1 N–H and O–H groups in total. The minimum absolute atomic E-state index is 0.0194. The van der Waals surface area contributed by atoms with Gasteiger partial charge in [-0.15, -0.1) is 0 Å². The Bertz CT molecular complexity index is 977. The molecule has 0 bridgehead atoms. The van der Waals surface area contributed by atoms with Crippen molar-refractivity contribution in [3.8, 4) is 11.4 Å². The van der Waals surface area contributed by atoms with Crippen LogP contribution in [-0.2, 0) is 17.9 Å². The van der Waals surface area contributed by atoms with Crippen molar-refractivity contribution in [2.75, 3.05) is 13.1 Å². The van der Waals surface area contributed by atoms with Crippen molar-refractivity contribution in [3.63, 3.8) is 0 Å². The summed E-state index contributed by atoms with van der Waals surface area (Å²) in [5.74, 6) is 1.02. The number of rotatable bonds is 6. The second-order valence-corrected chi connectivity index (χ2v) is 8.21. The fourth-order valence-electron chi connectivity index (χ4n) is 3.65. The highest BCUT2D eigenvalue weighted by molar-refractivity contribution is 6.30. The fraction of sp³-hybridized carbons (Fsp3) is 0.348. The zero-order chi connectivity index (χ0) is 20.9. The van der Waals surface area contributed by atoms with Crippen molar-refractivity contribution >= 4 is 17.5 Å². The molecule has 0 spiro atoms. The summed E-state index contributed by atoms with van der Waals surface area (Å²) in [7, 11) is 0. The minimum Gasteiger partial charge on any atom is -0.347 e. The number of piperidine rings is 1. The summed E-state index contributed by atoms with van der Waals surface area (Å²) < 4.78 is 5.29. The molecule has 1 saturated heterocycles. The SMILES string of the molecule is Cc1ccc(-c2noc(CNC(=O)C3CCN(Cc4ccc(Cl)cc4)CC3)n2)cc1. The fourth-order valence-corrected chi connectivity index (χ4v) is 3.78. The maximum absolute atomic E-state index is 12.6. The van der Waals surface area contributed by atoms with Crippen LogP contribution in [0.15, 0.2) is 53.1 Å². The van der Waals surface area contributed by atoms with Crippen LogP contribution in [0.1, 0.15) is 29.9 Å². The predicted octanol–water partition coefficient (Wildman–Crippen LogP) is 4.23. The van der Waals surface area contributed by atoms with Gasteiger partial charge in [0.05, 0.1) is 6.54 Å². The lowest BCUT2D eigenvalue weighted by Crippen LogP contribution is -2.40. The number of carbonyl (C=O) groups is 1. The van der Waals surface area contributed by atoms with Crippen LogP contribution in [0.3, 0.4) is 0 Å². The number of likely N-dealkylation sites (tertiary alicyclic amines) is 1. The van der Waals surface area contributed by atoms with Crippen LogP contribution < -0.4 is 5.32 Å². The van der Waals surface area contributed by atoms with E-state index in [9.17, 15) is 4.79 Å². The normalized spacial score (nSPS) is 15.3. The molecule has 1 aromatic heterocycles. The maximum atomic E-state index is 12.6.